The third-order valence-electron chi connectivity index (χ3n) is 5.26. The van der Waals surface area contributed by atoms with Crippen molar-refractivity contribution in [3.8, 4) is 0 Å². The predicted octanol–water partition coefficient (Wildman–Crippen LogP) is 4.13. The zero-order valence-electron chi connectivity index (χ0n) is 12.3. The van der Waals surface area contributed by atoms with Crippen molar-refractivity contribution < 1.29 is 12.8 Å². The minimum Gasteiger partial charge on any atom is -0.223 e. The molecule has 2 aliphatic rings. The van der Waals surface area contributed by atoms with Gasteiger partial charge in [0.15, 0.2) is 9.84 Å². The molecule has 23 heavy (non-hydrogen) atoms. The van der Waals surface area contributed by atoms with Crippen LogP contribution in [0.25, 0.3) is 0 Å². The first kappa shape index (κ1) is 15.6. The maximum absolute atomic E-state index is 13.4. The van der Waals surface area contributed by atoms with Crippen LogP contribution in [0.4, 0.5) is 4.39 Å². The highest BCUT2D eigenvalue weighted by Gasteiger charge is 2.72. The Balaban J connectivity index is 1.93. The number of hydrogen-bond acceptors (Lipinski definition) is 2. The van der Waals surface area contributed by atoms with Crippen molar-refractivity contribution in [1.29, 1.82) is 0 Å². The van der Waals surface area contributed by atoms with Crippen molar-refractivity contribution in [3.05, 3.63) is 69.9 Å². The first-order chi connectivity index (χ1) is 10.9. The summed E-state index contributed by atoms with van der Waals surface area (Å²) in [5, 5.41) is 0. The second kappa shape index (κ2) is 5.02. The normalized spacial score (nSPS) is 28.8. The van der Waals surface area contributed by atoms with Crippen molar-refractivity contribution in [2.24, 2.45) is 11.8 Å². The molecule has 0 N–H and O–H groups in total. The summed E-state index contributed by atoms with van der Waals surface area (Å²) in [7, 11) is -3.61. The van der Waals surface area contributed by atoms with Gasteiger partial charge in [-0.25, -0.2) is 12.8 Å². The number of aryl methyl sites for hydroxylation is 1. The molecule has 2 aliphatic carbocycles. The highest BCUT2D eigenvalue weighted by molar-refractivity contribution is 14.1. The van der Waals surface area contributed by atoms with E-state index in [2.05, 4.69) is 35.6 Å². The summed E-state index contributed by atoms with van der Waals surface area (Å²) in [5.74, 6) is -0.539. The zero-order chi connectivity index (χ0) is 16.4. The molecule has 3 atom stereocenters. The fraction of sp³-hybridized carbons (Fsp3) is 0.278. The van der Waals surface area contributed by atoms with Gasteiger partial charge < -0.3 is 0 Å². The molecule has 2 aromatic rings. The Bertz CT molecular complexity index is 892. The summed E-state index contributed by atoms with van der Waals surface area (Å²) in [6.45, 7) is 4.14. The van der Waals surface area contributed by atoms with Crippen LogP contribution in [-0.2, 0) is 21.0 Å². The molecule has 0 aliphatic heterocycles. The van der Waals surface area contributed by atoms with E-state index in [1.807, 2.05) is 12.1 Å². The maximum atomic E-state index is 13.4. The SMILES string of the molecule is [CH2]C1C2CCc3cc(I)ccc3C12S(=O)(=O)c1ccc(F)cc1. The van der Waals surface area contributed by atoms with Crippen LogP contribution in [0.15, 0.2) is 47.4 Å². The lowest BCUT2D eigenvalue weighted by atomic mass is 9.91. The van der Waals surface area contributed by atoms with Gasteiger partial charge in [0.25, 0.3) is 0 Å². The van der Waals surface area contributed by atoms with Gasteiger partial charge in [0.05, 0.1) is 4.90 Å². The average molecular weight is 441 g/mol. The highest BCUT2D eigenvalue weighted by Crippen LogP contribution is 2.68. The topological polar surface area (TPSA) is 34.1 Å². The zero-order valence-corrected chi connectivity index (χ0v) is 15.3. The standard InChI is InChI=1S/C18H15FIO2S/c1-11-16-8-2-12-10-14(20)5-9-17(12)18(11,16)23(21,22)15-6-3-13(19)4-7-15/h3-7,9-11,16H,1-2,8H2. The maximum Gasteiger partial charge on any atom is 0.188 e. The van der Waals surface area contributed by atoms with Gasteiger partial charge in [-0.05, 0) is 102 Å². The third kappa shape index (κ3) is 1.98. The van der Waals surface area contributed by atoms with E-state index in [0.717, 1.165) is 27.5 Å². The van der Waals surface area contributed by atoms with Crippen molar-refractivity contribution in [2.45, 2.75) is 22.5 Å². The van der Waals surface area contributed by atoms with Crippen molar-refractivity contribution >= 4 is 32.4 Å². The number of halogens is 2. The van der Waals surface area contributed by atoms with Crippen LogP contribution in [0, 0.1) is 28.1 Å². The Morgan fingerprint density at radius 1 is 1.17 bits per heavy atom. The highest BCUT2D eigenvalue weighted by atomic mass is 127. The van der Waals surface area contributed by atoms with Crippen LogP contribution in [0.3, 0.4) is 0 Å². The monoisotopic (exact) mass is 441 g/mol. The van der Waals surface area contributed by atoms with Crippen LogP contribution in [0.1, 0.15) is 17.5 Å². The second-order valence-electron chi connectivity index (χ2n) is 6.30. The molecule has 1 radical (unpaired) electrons. The molecule has 4 rings (SSSR count). The molecular formula is C18H15FIO2S. The van der Waals surface area contributed by atoms with E-state index < -0.39 is 20.4 Å². The molecule has 0 aromatic heterocycles. The summed E-state index contributed by atoms with van der Waals surface area (Å²) in [6.07, 6.45) is 1.73. The summed E-state index contributed by atoms with van der Waals surface area (Å²) < 4.78 is 40.1. The first-order valence-electron chi connectivity index (χ1n) is 7.51. The lowest BCUT2D eigenvalue weighted by Crippen LogP contribution is -2.29. The Morgan fingerprint density at radius 3 is 2.57 bits per heavy atom. The van der Waals surface area contributed by atoms with E-state index in [9.17, 15) is 12.8 Å². The minimum absolute atomic E-state index is 0.0464. The lowest BCUT2D eigenvalue weighted by molar-refractivity contribution is 0.553. The molecule has 3 unspecified atom stereocenters. The molecule has 0 heterocycles. The van der Waals surface area contributed by atoms with Gasteiger partial charge in [-0.2, -0.15) is 0 Å². The molecule has 0 bridgehead atoms. The molecule has 5 heteroatoms. The van der Waals surface area contributed by atoms with Gasteiger partial charge in [-0.15, -0.1) is 0 Å². The summed E-state index contributed by atoms with van der Waals surface area (Å²) >= 11 is 2.25. The minimum atomic E-state index is -3.61. The van der Waals surface area contributed by atoms with Gasteiger partial charge in [0, 0.05) is 3.57 Å². The van der Waals surface area contributed by atoms with Gasteiger partial charge in [0.1, 0.15) is 10.6 Å². The van der Waals surface area contributed by atoms with E-state index in [-0.39, 0.29) is 16.7 Å². The molecule has 1 fully saturated rings. The smallest absolute Gasteiger partial charge is 0.188 e. The van der Waals surface area contributed by atoms with E-state index >= 15 is 0 Å². The molecular weight excluding hydrogens is 426 g/mol. The summed E-state index contributed by atoms with van der Waals surface area (Å²) in [5.41, 5.74) is 1.99. The largest absolute Gasteiger partial charge is 0.223 e. The number of benzene rings is 2. The molecule has 0 amide bonds. The van der Waals surface area contributed by atoms with Crippen molar-refractivity contribution in [1.82, 2.24) is 0 Å². The second-order valence-corrected chi connectivity index (χ2v) is 9.70. The number of fused-ring (bicyclic) bond motifs is 3. The molecule has 0 saturated heterocycles. The van der Waals surface area contributed by atoms with E-state index in [1.54, 1.807) is 0 Å². The summed E-state index contributed by atoms with van der Waals surface area (Å²) in [6, 6.07) is 11.1. The van der Waals surface area contributed by atoms with Crippen LogP contribution < -0.4 is 0 Å². The van der Waals surface area contributed by atoms with Crippen LogP contribution in [-0.4, -0.2) is 8.42 Å². The van der Waals surface area contributed by atoms with E-state index in [4.69, 9.17) is 0 Å². The fourth-order valence-electron chi connectivity index (χ4n) is 4.14. The third-order valence-corrected chi connectivity index (χ3v) is 8.54. The molecule has 2 nitrogen and oxygen atoms in total. The van der Waals surface area contributed by atoms with Gasteiger partial charge in [-0.1, -0.05) is 6.07 Å². The first-order valence-corrected chi connectivity index (χ1v) is 10.1. The van der Waals surface area contributed by atoms with E-state index in [1.165, 1.54) is 24.3 Å². The van der Waals surface area contributed by atoms with E-state index in [0.29, 0.717) is 0 Å². The van der Waals surface area contributed by atoms with Crippen molar-refractivity contribution in [3.63, 3.8) is 0 Å². The van der Waals surface area contributed by atoms with Crippen LogP contribution >= 0.6 is 22.6 Å². The number of hydrogen-bond donors (Lipinski definition) is 0. The lowest BCUT2D eigenvalue weighted by Gasteiger charge is -2.26. The quantitative estimate of drug-likeness (QED) is 0.519. The predicted molar refractivity (Wildman–Crippen MR) is 95.1 cm³/mol. The molecule has 1 saturated carbocycles. The van der Waals surface area contributed by atoms with Crippen molar-refractivity contribution in [2.75, 3.05) is 0 Å². The fourth-order valence-corrected chi connectivity index (χ4v) is 7.24. The Kier molecular flexibility index (Phi) is 3.40. The van der Waals surface area contributed by atoms with Crippen LogP contribution in [0.2, 0.25) is 0 Å². The van der Waals surface area contributed by atoms with Gasteiger partial charge in [0.2, 0.25) is 0 Å². The number of rotatable bonds is 2. The molecule has 119 valence electrons. The van der Waals surface area contributed by atoms with Crippen LogP contribution in [0.5, 0.6) is 0 Å². The summed E-state index contributed by atoms with van der Waals surface area (Å²) in [4.78, 5) is 0.182. The van der Waals surface area contributed by atoms with Gasteiger partial charge >= 0.3 is 0 Å². The number of sulfone groups is 1. The molecule has 0 spiro atoms. The Labute approximate surface area is 149 Å². The molecule has 2 aromatic carbocycles. The average Bonchev–Trinajstić information content (AvgIpc) is 3.14. The Morgan fingerprint density at radius 2 is 1.87 bits per heavy atom. The Hall–Kier alpha value is -0.950. The van der Waals surface area contributed by atoms with Gasteiger partial charge in [-0.3, -0.25) is 0 Å².